The third-order valence-electron chi connectivity index (χ3n) is 4.40. The molecule has 20 heavy (non-hydrogen) atoms. The van der Waals surface area contributed by atoms with Gasteiger partial charge in [-0.05, 0) is 43.0 Å². The Hall–Kier alpha value is -2.09. The second-order valence-electron chi connectivity index (χ2n) is 5.80. The monoisotopic (exact) mass is 264 g/mol. The number of rotatable bonds is 3. The van der Waals surface area contributed by atoms with Crippen LogP contribution in [-0.2, 0) is 0 Å². The Bertz CT molecular complexity index is 809. The van der Waals surface area contributed by atoms with Gasteiger partial charge in [0.2, 0.25) is 0 Å². The predicted octanol–water partition coefficient (Wildman–Crippen LogP) is 4.81. The normalized spacial score (nSPS) is 16.6. The van der Waals surface area contributed by atoms with Crippen molar-refractivity contribution in [2.24, 2.45) is 11.8 Å². The van der Waals surface area contributed by atoms with Crippen molar-refractivity contribution in [1.29, 1.82) is 0 Å². The van der Waals surface area contributed by atoms with Crippen molar-refractivity contribution >= 4 is 27.7 Å². The third-order valence-corrected chi connectivity index (χ3v) is 4.40. The van der Waals surface area contributed by atoms with Gasteiger partial charge in [-0.15, -0.1) is 0 Å². The predicted molar refractivity (Wildman–Crippen MR) is 79.9 cm³/mol. The van der Waals surface area contributed by atoms with Crippen LogP contribution >= 0.6 is 0 Å². The van der Waals surface area contributed by atoms with Crippen molar-refractivity contribution in [2.75, 3.05) is 0 Å². The van der Waals surface area contributed by atoms with Crippen molar-refractivity contribution in [3.63, 3.8) is 0 Å². The molecule has 0 radical (unpaired) electrons. The quantitative estimate of drug-likeness (QED) is 0.635. The van der Waals surface area contributed by atoms with Gasteiger partial charge in [0.15, 0.2) is 5.78 Å². The van der Waals surface area contributed by atoms with Crippen molar-refractivity contribution in [3.05, 3.63) is 48.0 Å². The maximum Gasteiger partial charge on any atom is 0.165 e. The first-order valence-electron chi connectivity index (χ1n) is 7.19. The number of fused-ring (bicyclic) bond motifs is 3. The topological polar surface area (TPSA) is 30.2 Å². The van der Waals surface area contributed by atoms with E-state index in [0.717, 1.165) is 27.5 Å². The van der Waals surface area contributed by atoms with Crippen LogP contribution in [0.25, 0.3) is 21.9 Å². The number of para-hydroxylation sites is 1. The highest BCUT2D eigenvalue weighted by atomic mass is 16.3. The Morgan fingerprint density at radius 1 is 1.10 bits per heavy atom. The van der Waals surface area contributed by atoms with Crippen molar-refractivity contribution in [3.8, 4) is 0 Å². The smallest absolute Gasteiger partial charge is 0.165 e. The molecule has 2 aromatic carbocycles. The van der Waals surface area contributed by atoms with Gasteiger partial charge in [0, 0.05) is 22.3 Å². The molecule has 0 N–H and O–H groups in total. The van der Waals surface area contributed by atoms with Crippen LogP contribution < -0.4 is 0 Å². The van der Waals surface area contributed by atoms with E-state index >= 15 is 0 Å². The van der Waals surface area contributed by atoms with Crippen LogP contribution in [0.2, 0.25) is 0 Å². The highest BCUT2D eigenvalue weighted by molar-refractivity contribution is 6.08. The summed E-state index contributed by atoms with van der Waals surface area (Å²) in [6, 6.07) is 13.8. The van der Waals surface area contributed by atoms with Gasteiger partial charge in [-0.1, -0.05) is 25.1 Å². The van der Waals surface area contributed by atoms with E-state index in [1.54, 1.807) is 0 Å². The molecule has 4 rings (SSSR count). The van der Waals surface area contributed by atoms with Gasteiger partial charge in [0.05, 0.1) is 0 Å². The van der Waals surface area contributed by atoms with Gasteiger partial charge >= 0.3 is 0 Å². The molecule has 100 valence electrons. The molecule has 3 aromatic rings. The summed E-state index contributed by atoms with van der Waals surface area (Å²) in [4.78, 5) is 12.5. The fourth-order valence-electron chi connectivity index (χ4n) is 2.95. The molecule has 1 aliphatic carbocycles. The van der Waals surface area contributed by atoms with Crippen LogP contribution in [0.1, 0.15) is 30.1 Å². The molecule has 0 spiro atoms. The van der Waals surface area contributed by atoms with Crippen LogP contribution in [0.5, 0.6) is 0 Å². The lowest BCUT2D eigenvalue weighted by molar-refractivity contribution is 0.0916. The standard InChI is InChI=1S/C18H16O2/c1-11(12-6-7-12)18(19)13-8-9-17-15(10-13)14-4-2-3-5-16(14)20-17/h2-5,8-12H,6-7H2,1H3. The number of carbonyl (C=O) groups is 1. The molecule has 1 heterocycles. The maximum atomic E-state index is 12.5. The van der Waals surface area contributed by atoms with Crippen LogP contribution in [-0.4, -0.2) is 5.78 Å². The zero-order valence-electron chi connectivity index (χ0n) is 11.4. The van der Waals surface area contributed by atoms with E-state index in [4.69, 9.17) is 4.42 Å². The molecule has 0 bridgehead atoms. The van der Waals surface area contributed by atoms with Crippen molar-refractivity contribution in [1.82, 2.24) is 0 Å². The summed E-state index contributed by atoms with van der Waals surface area (Å²) < 4.78 is 5.80. The Labute approximate surface area is 117 Å². The number of benzene rings is 2. The Morgan fingerprint density at radius 2 is 1.85 bits per heavy atom. The highest BCUT2D eigenvalue weighted by Gasteiger charge is 2.33. The molecule has 0 amide bonds. The molecule has 0 aliphatic heterocycles. The number of furan rings is 1. The van der Waals surface area contributed by atoms with E-state index in [1.165, 1.54) is 12.8 Å². The molecule has 1 fully saturated rings. The van der Waals surface area contributed by atoms with Crippen LogP contribution in [0, 0.1) is 11.8 Å². The first-order chi connectivity index (χ1) is 9.74. The Kier molecular flexibility index (Phi) is 2.46. The minimum Gasteiger partial charge on any atom is -0.456 e. The first kappa shape index (κ1) is 11.7. The zero-order valence-corrected chi connectivity index (χ0v) is 11.4. The second kappa shape index (κ2) is 4.20. The minimum atomic E-state index is 0.144. The molecule has 1 aromatic heterocycles. The SMILES string of the molecule is CC(C(=O)c1ccc2oc3ccccc3c2c1)C1CC1. The maximum absolute atomic E-state index is 12.5. The molecular weight excluding hydrogens is 248 g/mol. The second-order valence-corrected chi connectivity index (χ2v) is 5.80. The number of carbonyl (C=O) groups excluding carboxylic acids is 1. The van der Waals surface area contributed by atoms with Crippen LogP contribution in [0.15, 0.2) is 46.9 Å². The molecular formula is C18H16O2. The summed E-state index contributed by atoms with van der Waals surface area (Å²) in [5.74, 6) is 1.00. The molecule has 2 nitrogen and oxygen atoms in total. The Balaban J connectivity index is 1.84. The summed E-state index contributed by atoms with van der Waals surface area (Å²) >= 11 is 0. The van der Waals surface area contributed by atoms with Gasteiger partial charge in [0.25, 0.3) is 0 Å². The summed E-state index contributed by atoms with van der Waals surface area (Å²) in [6.07, 6.45) is 2.40. The van der Waals surface area contributed by atoms with Crippen molar-refractivity contribution in [2.45, 2.75) is 19.8 Å². The third kappa shape index (κ3) is 1.75. The number of ketones is 1. The van der Waals surface area contributed by atoms with Gasteiger partial charge in [-0.3, -0.25) is 4.79 Å². The van der Waals surface area contributed by atoms with Gasteiger partial charge in [-0.25, -0.2) is 0 Å². The van der Waals surface area contributed by atoms with Crippen LogP contribution in [0.3, 0.4) is 0 Å². The molecule has 1 saturated carbocycles. The van der Waals surface area contributed by atoms with Crippen LogP contribution in [0.4, 0.5) is 0 Å². The van der Waals surface area contributed by atoms with E-state index in [-0.39, 0.29) is 11.7 Å². The van der Waals surface area contributed by atoms with E-state index in [2.05, 4.69) is 6.92 Å². The van der Waals surface area contributed by atoms with E-state index < -0.39 is 0 Å². The number of Topliss-reactive ketones (excluding diaryl/α,β-unsaturated/α-hetero) is 1. The fraction of sp³-hybridized carbons (Fsp3) is 0.278. The Morgan fingerprint density at radius 3 is 2.65 bits per heavy atom. The summed E-state index contributed by atoms with van der Waals surface area (Å²) in [7, 11) is 0. The van der Waals surface area contributed by atoms with Gasteiger partial charge < -0.3 is 4.42 Å². The summed E-state index contributed by atoms with van der Waals surface area (Å²) in [6.45, 7) is 2.05. The fourth-order valence-corrected chi connectivity index (χ4v) is 2.95. The number of hydrogen-bond acceptors (Lipinski definition) is 2. The van der Waals surface area contributed by atoms with Gasteiger partial charge in [-0.2, -0.15) is 0 Å². The average molecular weight is 264 g/mol. The molecule has 1 atom stereocenters. The molecule has 1 aliphatic rings. The van der Waals surface area contributed by atoms with Crippen molar-refractivity contribution < 1.29 is 9.21 Å². The number of hydrogen-bond donors (Lipinski definition) is 0. The lowest BCUT2D eigenvalue weighted by Gasteiger charge is -2.08. The lowest BCUT2D eigenvalue weighted by atomic mass is 9.94. The van der Waals surface area contributed by atoms with E-state index in [0.29, 0.717) is 5.92 Å². The summed E-state index contributed by atoms with van der Waals surface area (Å²) in [5, 5.41) is 2.12. The largest absolute Gasteiger partial charge is 0.456 e. The first-order valence-corrected chi connectivity index (χ1v) is 7.19. The lowest BCUT2D eigenvalue weighted by Crippen LogP contribution is -2.12. The average Bonchev–Trinajstić information content (AvgIpc) is 3.26. The molecule has 2 heteroatoms. The molecule has 0 saturated heterocycles. The zero-order chi connectivity index (χ0) is 13.7. The minimum absolute atomic E-state index is 0.144. The summed E-state index contributed by atoms with van der Waals surface area (Å²) in [5.41, 5.74) is 2.53. The highest BCUT2D eigenvalue weighted by Crippen LogP contribution is 2.38. The molecule has 1 unspecified atom stereocenters. The van der Waals surface area contributed by atoms with Gasteiger partial charge in [0.1, 0.15) is 11.2 Å². The van der Waals surface area contributed by atoms with E-state index in [1.807, 2.05) is 42.5 Å². The van der Waals surface area contributed by atoms with E-state index in [9.17, 15) is 4.79 Å².